The molecule has 1 fully saturated rings. The minimum atomic E-state index is -0.0146. The van der Waals surface area contributed by atoms with Crippen molar-refractivity contribution in [3.05, 3.63) is 39.8 Å². The first-order chi connectivity index (χ1) is 11.5. The zero-order chi connectivity index (χ0) is 17.1. The highest BCUT2D eigenvalue weighted by Gasteiger charge is 2.28. The first-order valence-electron chi connectivity index (χ1n) is 8.01. The fourth-order valence-corrected chi connectivity index (χ4v) is 3.26. The van der Waals surface area contributed by atoms with Crippen LogP contribution in [0.25, 0.3) is 0 Å². The molecule has 0 aromatic carbocycles. The lowest BCUT2D eigenvalue weighted by Crippen LogP contribution is -2.31. The molecular weight excluding hydrogens is 374 g/mol. The van der Waals surface area contributed by atoms with E-state index in [1.165, 1.54) is 0 Å². The predicted molar refractivity (Wildman–Crippen MR) is 91.8 cm³/mol. The minimum absolute atomic E-state index is 0.0146. The normalized spacial score (nSPS) is 17.3. The van der Waals surface area contributed by atoms with Crippen LogP contribution < -0.4 is 4.74 Å². The van der Waals surface area contributed by atoms with Crippen LogP contribution in [-0.2, 0) is 11.2 Å². The highest BCUT2D eigenvalue weighted by molar-refractivity contribution is 9.10. The van der Waals surface area contributed by atoms with E-state index in [-0.39, 0.29) is 12.0 Å². The zero-order valence-corrected chi connectivity index (χ0v) is 15.4. The molecular formula is C17H20BrN3O3. The van der Waals surface area contributed by atoms with Crippen molar-refractivity contribution in [3.63, 3.8) is 0 Å². The number of aryl methyl sites for hydroxylation is 2. The van der Waals surface area contributed by atoms with Crippen LogP contribution in [0.5, 0.6) is 5.88 Å². The molecule has 0 saturated carbocycles. The Morgan fingerprint density at radius 3 is 3.04 bits per heavy atom. The molecule has 1 atom stereocenters. The van der Waals surface area contributed by atoms with Crippen molar-refractivity contribution in [1.82, 2.24) is 15.0 Å². The molecule has 0 N–H and O–H groups in total. The number of rotatable bonds is 5. The van der Waals surface area contributed by atoms with Crippen LogP contribution in [0.2, 0.25) is 0 Å². The third kappa shape index (κ3) is 3.77. The highest BCUT2D eigenvalue weighted by atomic mass is 79.9. The van der Waals surface area contributed by atoms with E-state index < -0.39 is 0 Å². The van der Waals surface area contributed by atoms with Crippen LogP contribution in [0.1, 0.15) is 29.9 Å². The van der Waals surface area contributed by atoms with Gasteiger partial charge in [0.2, 0.25) is 11.8 Å². The Morgan fingerprint density at radius 1 is 1.50 bits per heavy atom. The van der Waals surface area contributed by atoms with Crippen molar-refractivity contribution in [1.29, 1.82) is 0 Å². The van der Waals surface area contributed by atoms with Crippen molar-refractivity contribution in [2.75, 3.05) is 13.1 Å². The second kappa shape index (κ2) is 7.34. The molecule has 7 heteroatoms. The second-order valence-corrected chi connectivity index (χ2v) is 6.82. The largest absolute Gasteiger partial charge is 0.472 e. The lowest BCUT2D eigenvalue weighted by atomic mass is 10.1. The molecule has 2 aromatic rings. The Kier molecular flexibility index (Phi) is 5.18. The Morgan fingerprint density at radius 2 is 2.33 bits per heavy atom. The molecule has 1 aliphatic heterocycles. The van der Waals surface area contributed by atoms with Gasteiger partial charge in [0, 0.05) is 31.1 Å². The van der Waals surface area contributed by atoms with E-state index in [1.807, 2.05) is 30.9 Å². The number of amides is 1. The van der Waals surface area contributed by atoms with Gasteiger partial charge in [0.05, 0.1) is 16.7 Å². The lowest BCUT2D eigenvalue weighted by molar-refractivity contribution is -0.130. The summed E-state index contributed by atoms with van der Waals surface area (Å²) in [6, 6.07) is 3.74. The van der Waals surface area contributed by atoms with Crippen molar-refractivity contribution in [3.8, 4) is 5.88 Å². The molecule has 6 nitrogen and oxygen atoms in total. The summed E-state index contributed by atoms with van der Waals surface area (Å²) < 4.78 is 11.9. The fourth-order valence-electron chi connectivity index (χ4n) is 2.92. The summed E-state index contributed by atoms with van der Waals surface area (Å²) in [5, 5.41) is 3.93. The predicted octanol–water partition coefficient (Wildman–Crippen LogP) is 3.06. The van der Waals surface area contributed by atoms with Gasteiger partial charge in [0.25, 0.3) is 0 Å². The lowest BCUT2D eigenvalue weighted by Gasteiger charge is -2.17. The van der Waals surface area contributed by atoms with Gasteiger partial charge in [-0.3, -0.25) is 4.79 Å². The Balaban J connectivity index is 1.52. The number of halogens is 1. The molecule has 0 radical (unpaired) electrons. The fraction of sp³-hybridized carbons (Fsp3) is 0.471. The van der Waals surface area contributed by atoms with E-state index in [2.05, 4.69) is 26.1 Å². The van der Waals surface area contributed by atoms with Crippen LogP contribution in [0.15, 0.2) is 27.3 Å². The number of carbonyl (C=O) groups excluding carboxylic acids is 1. The van der Waals surface area contributed by atoms with E-state index in [1.54, 1.807) is 6.20 Å². The van der Waals surface area contributed by atoms with Gasteiger partial charge in [-0.05, 0) is 48.3 Å². The molecule has 3 rings (SSSR count). The standard InChI is InChI=1S/C17H20BrN3O3/c1-11-14(12(2)24-20-11)5-6-16(22)21-9-7-13(10-21)23-17-15(18)4-3-8-19-17/h3-4,8,13H,5-7,9-10H2,1-2H3. The zero-order valence-electron chi connectivity index (χ0n) is 13.8. The van der Waals surface area contributed by atoms with Gasteiger partial charge in [-0.25, -0.2) is 4.98 Å². The number of aromatic nitrogens is 2. The molecule has 0 aliphatic carbocycles. The van der Waals surface area contributed by atoms with Gasteiger partial charge in [-0.15, -0.1) is 0 Å². The summed E-state index contributed by atoms with van der Waals surface area (Å²) in [6.45, 7) is 5.10. The van der Waals surface area contributed by atoms with Gasteiger partial charge in [0.1, 0.15) is 11.9 Å². The maximum absolute atomic E-state index is 12.4. The average molecular weight is 394 g/mol. The topological polar surface area (TPSA) is 68.5 Å². The van der Waals surface area contributed by atoms with Crippen LogP contribution in [0.4, 0.5) is 0 Å². The molecule has 3 heterocycles. The summed E-state index contributed by atoms with van der Waals surface area (Å²) in [5.74, 6) is 1.51. The van der Waals surface area contributed by atoms with Crippen molar-refractivity contribution >= 4 is 21.8 Å². The summed E-state index contributed by atoms with van der Waals surface area (Å²) in [4.78, 5) is 18.5. The number of likely N-dealkylation sites (tertiary alicyclic amines) is 1. The molecule has 24 heavy (non-hydrogen) atoms. The van der Waals surface area contributed by atoms with Crippen molar-refractivity contribution in [2.45, 2.75) is 39.2 Å². The number of nitrogens with zero attached hydrogens (tertiary/aromatic N) is 3. The van der Waals surface area contributed by atoms with E-state index in [0.29, 0.717) is 25.3 Å². The summed E-state index contributed by atoms with van der Waals surface area (Å²) >= 11 is 3.43. The molecule has 128 valence electrons. The van der Waals surface area contributed by atoms with Crippen molar-refractivity contribution in [2.24, 2.45) is 0 Å². The van der Waals surface area contributed by atoms with Gasteiger partial charge < -0.3 is 14.2 Å². The minimum Gasteiger partial charge on any atom is -0.472 e. The van der Waals surface area contributed by atoms with Crippen LogP contribution in [0.3, 0.4) is 0 Å². The molecule has 0 spiro atoms. The first-order valence-corrected chi connectivity index (χ1v) is 8.80. The molecule has 1 aliphatic rings. The third-order valence-corrected chi connectivity index (χ3v) is 4.87. The SMILES string of the molecule is Cc1noc(C)c1CCC(=O)N1CCC(Oc2ncccc2Br)C1. The first kappa shape index (κ1) is 17.0. The Labute approximate surface area is 149 Å². The monoisotopic (exact) mass is 393 g/mol. The third-order valence-electron chi connectivity index (χ3n) is 4.27. The number of hydrogen-bond donors (Lipinski definition) is 0. The second-order valence-electron chi connectivity index (χ2n) is 5.96. The van der Waals surface area contributed by atoms with E-state index in [9.17, 15) is 4.79 Å². The Bertz CT molecular complexity index is 712. The average Bonchev–Trinajstić information content (AvgIpc) is 3.15. The molecule has 0 bridgehead atoms. The smallest absolute Gasteiger partial charge is 0.228 e. The van der Waals surface area contributed by atoms with Crippen molar-refractivity contribution < 1.29 is 14.1 Å². The van der Waals surface area contributed by atoms with Gasteiger partial charge >= 0.3 is 0 Å². The maximum Gasteiger partial charge on any atom is 0.228 e. The summed E-state index contributed by atoms with van der Waals surface area (Å²) in [7, 11) is 0. The maximum atomic E-state index is 12.4. The number of pyridine rings is 1. The van der Waals surface area contributed by atoms with Gasteiger partial charge in [-0.1, -0.05) is 5.16 Å². The van der Waals surface area contributed by atoms with E-state index >= 15 is 0 Å². The molecule has 2 aromatic heterocycles. The molecule has 1 unspecified atom stereocenters. The van der Waals surface area contributed by atoms with Crippen LogP contribution >= 0.6 is 15.9 Å². The molecule has 1 amide bonds. The van der Waals surface area contributed by atoms with Gasteiger partial charge in [0.15, 0.2) is 0 Å². The summed E-state index contributed by atoms with van der Waals surface area (Å²) in [5.41, 5.74) is 1.90. The Hall–Kier alpha value is -1.89. The summed E-state index contributed by atoms with van der Waals surface area (Å²) in [6.07, 6.45) is 3.62. The van der Waals surface area contributed by atoms with E-state index in [0.717, 1.165) is 34.5 Å². The number of ether oxygens (including phenoxy) is 1. The highest BCUT2D eigenvalue weighted by Crippen LogP contribution is 2.25. The molecule has 1 saturated heterocycles. The van der Waals surface area contributed by atoms with Gasteiger partial charge in [-0.2, -0.15) is 0 Å². The number of carbonyl (C=O) groups is 1. The van der Waals surface area contributed by atoms with Crippen LogP contribution in [-0.4, -0.2) is 40.1 Å². The van der Waals surface area contributed by atoms with E-state index in [4.69, 9.17) is 9.26 Å². The van der Waals surface area contributed by atoms with Crippen LogP contribution in [0, 0.1) is 13.8 Å². The quantitative estimate of drug-likeness (QED) is 0.780. The number of hydrogen-bond acceptors (Lipinski definition) is 5.